The van der Waals surface area contributed by atoms with Gasteiger partial charge in [-0.05, 0) is 55.3 Å². The Bertz CT molecular complexity index is 1320. The van der Waals surface area contributed by atoms with E-state index in [1.165, 1.54) is 7.11 Å². The van der Waals surface area contributed by atoms with Gasteiger partial charge in [0.2, 0.25) is 0 Å². The normalized spacial score (nSPS) is 12.4. The van der Waals surface area contributed by atoms with Gasteiger partial charge in [0.15, 0.2) is 5.88 Å². The highest BCUT2D eigenvalue weighted by Crippen LogP contribution is 2.41. The van der Waals surface area contributed by atoms with Crippen LogP contribution in [-0.2, 0) is 17.6 Å². The van der Waals surface area contributed by atoms with Crippen molar-refractivity contribution in [2.24, 2.45) is 4.99 Å². The summed E-state index contributed by atoms with van der Waals surface area (Å²) in [5.74, 6) is 0.849. The fraction of sp³-hybridized carbons (Fsp3) is 0.125. The molecule has 0 spiro atoms. The van der Waals surface area contributed by atoms with Gasteiger partial charge in [-0.25, -0.2) is 9.78 Å². The highest BCUT2D eigenvalue weighted by molar-refractivity contribution is 7.13. The molecule has 0 fully saturated rings. The summed E-state index contributed by atoms with van der Waals surface area (Å²) in [4.78, 5) is 24.8. The van der Waals surface area contributed by atoms with Gasteiger partial charge in [-0.1, -0.05) is 6.07 Å². The molecule has 2 N–H and O–H groups in total. The van der Waals surface area contributed by atoms with Crippen LogP contribution in [0.15, 0.2) is 59.0 Å². The lowest BCUT2D eigenvalue weighted by Crippen LogP contribution is -2.02. The maximum Gasteiger partial charge on any atom is 0.337 e. The molecule has 0 aliphatic heterocycles. The Balaban J connectivity index is 1.35. The average molecular weight is 446 g/mol. The summed E-state index contributed by atoms with van der Waals surface area (Å²) in [5.41, 5.74) is 6.71. The monoisotopic (exact) mass is 445 g/mol. The van der Waals surface area contributed by atoms with Crippen molar-refractivity contribution in [3.05, 3.63) is 76.6 Å². The number of hydrogen-bond acceptors (Lipinski definition) is 7. The van der Waals surface area contributed by atoms with Gasteiger partial charge >= 0.3 is 5.97 Å². The molecule has 0 atom stereocenters. The van der Waals surface area contributed by atoms with Gasteiger partial charge in [-0.15, -0.1) is 11.3 Å². The number of benzene rings is 2. The quantitative estimate of drug-likeness (QED) is 0.322. The summed E-state index contributed by atoms with van der Waals surface area (Å²) < 4.78 is 10.6. The second kappa shape index (κ2) is 8.32. The van der Waals surface area contributed by atoms with Crippen LogP contribution in [0.1, 0.15) is 27.3 Å². The number of esters is 1. The molecule has 0 amide bonds. The standard InChI is InChI=1S/C24H19N3O4S/c1-30-24(29)14-3-2-4-17(11-14)31-16-7-5-15(6-8-16)25-12-18-21-19(27-23(18)28)9-10-20-22(21)32-13-26-20/h2-8,11-13,27-28H,9-10H2,1H3. The smallest absolute Gasteiger partial charge is 0.337 e. The van der Waals surface area contributed by atoms with Crippen LogP contribution in [-0.4, -0.2) is 34.4 Å². The Hall–Kier alpha value is -3.91. The topological polar surface area (TPSA) is 96.8 Å². The Morgan fingerprint density at radius 1 is 1.19 bits per heavy atom. The number of aromatic nitrogens is 2. The molecule has 2 heterocycles. The highest BCUT2D eigenvalue weighted by Gasteiger charge is 2.25. The van der Waals surface area contributed by atoms with Gasteiger partial charge < -0.3 is 19.6 Å². The zero-order valence-electron chi connectivity index (χ0n) is 17.2. The van der Waals surface area contributed by atoms with Gasteiger partial charge in [0.05, 0.1) is 40.0 Å². The molecule has 5 rings (SSSR count). The zero-order chi connectivity index (χ0) is 22.1. The van der Waals surface area contributed by atoms with E-state index in [-0.39, 0.29) is 5.88 Å². The largest absolute Gasteiger partial charge is 0.494 e. The Kier molecular flexibility index (Phi) is 5.20. The zero-order valence-corrected chi connectivity index (χ0v) is 18.0. The van der Waals surface area contributed by atoms with Gasteiger partial charge in [-0.3, -0.25) is 4.99 Å². The van der Waals surface area contributed by atoms with Crippen molar-refractivity contribution in [3.63, 3.8) is 0 Å². The molecule has 0 saturated heterocycles. The van der Waals surface area contributed by atoms with Crippen LogP contribution in [0.2, 0.25) is 0 Å². The number of H-pyrrole nitrogens is 1. The summed E-state index contributed by atoms with van der Waals surface area (Å²) in [6, 6.07) is 14.0. The number of nitrogens with one attached hydrogen (secondary N) is 1. The number of hydrogen-bond donors (Lipinski definition) is 2. The lowest BCUT2D eigenvalue weighted by atomic mass is 9.98. The summed E-state index contributed by atoms with van der Waals surface area (Å²) in [7, 11) is 1.34. The van der Waals surface area contributed by atoms with E-state index in [1.807, 2.05) is 17.6 Å². The fourth-order valence-corrected chi connectivity index (χ4v) is 4.63. The molecule has 8 heteroatoms. The summed E-state index contributed by atoms with van der Waals surface area (Å²) in [5, 5.41) is 10.4. The van der Waals surface area contributed by atoms with Crippen LogP contribution in [0.4, 0.5) is 5.69 Å². The van der Waals surface area contributed by atoms with Crippen LogP contribution in [0.25, 0.3) is 10.4 Å². The number of aromatic amines is 1. The minimum atomic E-state index is -0.416. The molecule has 0 radical (unpaired) electrons. The second-order valence-electron chi connectivity index (χ2n) is 7.24. The molecular weight excluding hydrogens is 426 g/mol. The first-order chi connectivity index (χ1) is 15.6. The van der Waals surface area contributed by atoms with Crippen molar-refractivity contribution >= 4 is 29.2 Å². The number of fused-ring (bicyclic) bond motifs is 3. The highest BCUT2D eigenvalue weighted by atomic mass is 32.1. The minimum Gasteiger partial charge on any atom is -0.494 e. The molecule has 160 valence electrons. The predicted molar refractivity (Wildman–Crippen MR) is 123 cm³/mol. The van der Waals surface area contributed by atoms with Crippen molar-refractivity contribution in [2.45, 2.75) is 12.8 Å². The second-order valence-corrected chi connectivity index (χ2v) is 8.10. The third-order valence-corrected chi connectivity index (χ3v) is 6.13. The first-order valence-electron chi connectivity index (χ1n) is 9.99. The van der Waals surface area contributed by atoms with Crippen molar-refractivity contribution in [3.8, 4) is 27.8 Å². The number of aryl methyl sites for hydroxylation is 2. The lowest BCUT2D eigenvalue weighted by Gasteiger charge is -2.11. The van der Waals surface area contributed by atoms with Crippen LogP contribution >= 0.6 is 11.3 Å². The number of aromatic hydroxyl groups is 1. The van der Waals surface area contributed by atoms with Gasteiger partial charge in [0.1, 0.15) is 11.5 Å². The fourth-order valence-electron chi connectivity index (χ4n) is 3.70. The maximum absolute atomic E-state index is 11.7. The van der Waals surface area contributed by atoms with E-state index in [0.29, 0.717) is 22.6 Å². The van der Waals surface area contributed by atoms with Crippen molar-refractivity contribution in [1.82, 2.24) is 9.97 Å². The SMILES string of the molecule is COC(=O)c1cccc(Oc2ccc(N=Cc3c(O)[nH]c4c3-c3scnc3CC4)cc2)c1. The Morgan fingerprint density at radius 3 is 2.84 bits per heavy atom. The molecule has 4 aromatic rings. The first kappa shape index (κ1) is 20.0. The van der Waals surface area contributed by atoms with Crippen LogP contribution in [0.3, 0.4) is 0 Å². The predicted octanol–water partition coefficient (Wildman–Crippen LogP) is 5.27. The minimum absolute atomic E-state index is 0.116. The van der Waals surface area contributed by atoms with Crippen molar-refractivity contribution in [1.29, 1.82) is 0 Å². The van der Waals surface area contributed by atoms with Gasteiger partial charge in [-0.2, -0.15) is 0 Å². The van der Waals surface area contributed by atoms with Crippen molar-refractivity contribution < 1.29 is 19.4 Å². The van der Waals surface area contributed by atoms with E-state index in [2.05, 4.69) is 15.0 Å². The number of thiazole rings is 1. The molecule has 1 aliphatic carbocycles. The lowest BCUT2D eigenvalue weighted by molar-refractivity contribution is 0.0600. The summed E-state index contributed by atoms with van der Waals surface area (Å²) >= 11 is 1.57. The van der Waals surface area contributed by atoms with Gasteiger partial charge in [0, 0.05) is 17.5 Å². The van der Waals surface area contributed by atoms with E-state index >= 15 is 0 Å². The van der Waals surface area contributed by atoms with Crippen LogP contribution in [0, 0.1) is 0 Å². The maximum atomic E-state index is 11.7. The molecule has 2 aromatic heterocycles. The number of carbonyl (C=O) groups excluding carboxylic acids is 1. The van der Waals surface area contributed by atoms with E-state index < -0.39 is 5.97 Å². The molecule has 2 aromatic carbocycles. The Labute approximate surface area is 188 Å². The molecule has 32 heavy (non-hydrogen) atoms. The van der Waals surface area contributed by atoms with Crippen molar-refractivity contribution in [2.75, 3.05) is 7.11 Å². The third-order valence-electron chi connectivity index (χ3n) is 5.25. The molecule has 1 aliphatic rings. The first-order valence-corrected chi connectivity index (χ1v) is 10.9. The average Bonchev–Trinajstić information content (AvgIpc) is 3.41. The Morgan fingerprint density at radius 2 is 2.03 bits per heavy atom. The van der Waals surface area contributed by atoms with Crippen LogP contribution < -0.4 is 4.74 Å². The number of ether oxygens (including phenoxy) is 2. The number of methoxy groups -OCH3 is 1. The third kappa shape index (κ3) is 3.76. The van der Waals surface area contributed by atoms with E-state index in [4.69, 9.17) is 9.47 Å². The van der Waals surface area contributed by atoms with Gasteiger partial charge in [0.25, 0.3) is 0 Å². The van der Waals surface area contributed by atoms with E-state index in [1.54, 1.807) is 53.9 Å². The molecular formula is C24H19N3O4S. The number of nitrogens with zero attached hydrogens (tertiary/aromatic N) is 2. The van der Waals surface area contributed by atoms with E-state index in [0.717, 1.165) is 40.4 Å². The molecule has 0 saturated carbocycles. The molecule has 0 unspecified atom stereocenters. The number of carbonyl (C=O) groups is 1. The van der Waals surface area contributed by atoms with Crippen LogP contribution in [0.5, 0.6) is 17.4 Å². The molecule has 7 nitrogen and oxygen atoms in total. The number of aliphatic imine (C=N–C) groups is 1. The number of rotatable bonds is 5. The summed E-state index contributed by atoms with van der Waals surface area (Å²) in [6.07, 6.45) is 3.36. The molecule has 0 bridgehead atoms. The van der Waals surface area contributed by atoms with E-state index in [9.17, 15) is 9.90 Å². The summed E-state index contributed by atoms with van der Waals surface area (Å²) in [6.45, 7) is 0.